The summed E-state index contributed by atoms with van der Waals surface area (Å²) in [7, 11) is 8.60. The molecule has 0 aliphatic carbocycles. The number of anilines is 6. The fourth-order valence-corrected chi connectivity index (χ4v) is 12.3. The van der Waals surface area contributed by atoms with Crippen molar-refractivity contribution in [2.45, 2.75) is 75.5 Å². The number of hydrogen-bond acceptors (Lipinski definition) is 19. The lowest BCUT2D eigenvalue weighted by Gasteiger charge is -2.35. The summed E-state index contributed by atoms with van der Waals surface area (Å²) in [6.07, 6.45) is 19.9. The first-order chi connectivity index (χ1) is 35.1. The van der Waals surface area contributed by atoms with E-state index in [9.17, 15) is 0 Å². The molecule has 72 heavy (non-hydrogen) atoms. The summed E-state index contributed by atoms with van der Waals surface area (Å²) < 4.78 is 2.37. The molecule has 11 rings (SSSR count). The van der Waals surface area contributed by atoms with E-state index in [0.29, 0.717) is 46.1 Å². The molecule has 7 aromatic rings. The first-order valence-corrected chi connectivity index (χ1v) is 27.8. The topological polar surface area (TPSA) is 197 Å². The van der Waals surface area contributed by atoms with Gasteiger partial charge in [0.2, 0.25) is 11.9 Å². The molecule has 22 heteroatoms. The summed E-state index contributed by atoms with van der Waals surface area (Å²) in [6.45, 7) is 4.09. The van der Waals surface area contributed by atoms with E-state index in [1.807, 2.05) is 66.4 Å². The number of nitrogens with two attached hydrogens (primary N) is 1. The van der Waals surface area contributed by atoms with Crippen LogP contribution in [-0.4, -0.2) is 160 Å². The number of fused-ring (bicyclic) bond motifs is 3. The minimum atomic E-state index is 0.261. The largest absolute Gasteiger partial charge is 0.368 e. The fraction of sp³-hybridized carbons (Fsp3) is 0.480. The minimum Gasteiger partial charge on any atom is -0.368 e. The van der Waals surface area contributed by atoms with Gasteiger partial charge in [-0.1, -0.05) is 23.2 Å². The maximum absolute atomic E-state index is 6.23. The normalized spacial score (nSPS) is 17.4. The van der Waals surface area contributed by atoms with Crippen molar-refractivity contribution in [1.82, 2.24) is 64.7 Å². The number of hydrogen-bond donors (Lipinski definition) is 3. The molecule has 18 nitrogen and oxygen atoms in total. The highest BCUT2D eigenvalue weighted by Crippen LogP contribution is 2.37. The molecule has 7 aromatic heterocycles. The molecule has 4 N–H and O–H groups in total. The highest BCUT2D eigenvalue weighted by atomic mass is 35.5. The van der Waals surface area contributed by atoms with Gasteiger partial charge in [0.1, 0.15) is 11.5 Å². The summed E-state index contributed by atoms with van der Waals surface area (Å²) >= 11 is 16.0. The molecule has 4 aliphatic heterocycles. The van der Waals surface area contributed by atoms with Crippen molar-refractivity contribution in [2.24, 2.45) is 0 Å². The Kier molecular flexibility index (Phi) is 17.6. The van der Waals surface area contributed by atoms with Crippen LogP contribution in [0.5, 0.6) is 0 Å². The maximum Gasteiger partial charge on any atom is 0.230 e. The third-order valence-corrected chi connectivity index (χ3v) is 16.5. The van der Waals surface area contributed by atoms with Gasteiger partial charge in [0.15, 0.2) is 22.6 Å². The third-order valence-electron chi connectivity index (χ3n) is 13.9. The maximum atomic E-state index is 6.23. The summed E-state index contributed by atoms with van der Waals surface area (Å²) in [5.41, 5.74) is 9.54. The van der Waals surface area contributed by atoms with Gasteiger partial charge in [0.25, 0.3) is 0 Å². The van der Waals surface area contributed by atoms with E-state index in [-0.39, 0.29) is 5.95 Å². The summed E-state index contributed by atoms with van der Waals surface area (Å²) in [5.74, 6) is 8.74. The van der Waals surface area contributed by atoms with Gasteiger partial charge < -0.3 is 40.5 Å². The van der Waals surface area contributed by atoms with E-state index >= 15 is 0 Å². The zero-order chi connectivity index (χ0) is 50.0. The first-order valence-electron chi connectivity index (χ1n) is 24.8. The molecule has 4 aliphatic rings. The second-order valence-electron chi connectivity index (χ2n) is 18.9. The summed E-state index contributed by atoms with van der Waals surface area (Å²) in [6, 6.07) is 13.8. The molecule has 11 heterocycles. The Morgan fingerprint density at radius 2 is 1.25 bits per heavy atom. The Morgan fingerprint density at radius 3 is 1.86 bits per heavy atom. The van der Waals surface area contributed by atoms with Crippen LogP contribution in [0, 0.1) is 0 Å². The van der Waals surface area contributed by atoms with Crippen molar-refractivity contribution >= 4 is 104 Å². The van der Waals surface area contributed by atoms with Crippen molar-refractivity contribution < 1.29 is 0 Å². The average Bonchev–Trinajstić information content (AvgIpc) is 3.74. The standard InChI is InChI=1S/C25H31N9S.C14H16ClN5S.C11H17ClN4/c1-32(2)17-6-11-33(12-7-17)23-4-3-22(30-31-23)28-25-27-15-20-19-5-10-26-16-21(19)34(24(20)29-25)18-8-13-35-14-9-18;15-12-8-17-4-1-10(12)11-7-18-14(16)20-13(11)19-9-2-5-21-6-3-9;1-15(2)9-5-7-16(8-6-9)11-4-3-10(12)13-14-11/h3-5,10,15-18H,6-9,11-14H2,1-2H3,(H,27,28,29,30);1,4,7-9H,2-3,5-6H2,(H3,16,18,19,20);3-4,9H,5-8H2,1-2H3. The molecule has 0 unspecified atom stereocenters. The summed E-state index contributed by atoms with van der Waals surface area (Å²) in [4.78, 5) is 35.6. The molecular formula is C50H64Cl2N18S2. The second-order valence-corrected chi connectivity index (χ2v) is 22.1. The van der Waals surface area contributed by atoms with Crippen LogP contribution in [0.15, 0.2) is 73.6 Å². The van der Waals surface area contributed by atoms with Gasteiger partial charge in [-0.15, -0.1) is 20.4 Å². The van der Waals surface area contributed by atoms with Gasteiger partial charge in [0.05, 0.1) is 16.7 Å². The Bertz CT molecular complexity index is 2830. The number of thioether (sulfide) groups is 2. The fourth-order valence-electron chi connectivity index (χ4n) is 9.75. The molecule has 4 fully saturated rings. The quantitative estimate of drug-likeness (QED) is 0.117. The SMILES string of the molecule is CN(C)C1CCN(c2ccc(Cl)nn2)CC1.CN(C)C1CCN(c2ccc(Nc3ncc4c5ccncc5n(C5CCSCC5)c4n3)nn2)CC1.Nc1ncc(-c2ccncc2Cl)c(NC2CCSCC2)n1. The monoisotopic (exact) mass is 1050 g/mol. The van der Waals surface area contributed by atoms with Crippen LogP contribution in [0.25, 0.3) is 33.1 Å². The summed E-state index contributed by atoms with van der Waals surface area (Å²) in [5, 5.41) is 26.9. The van der Waals surface area contributed by atoms with Gasteiger partial charge in [-0.2, -0.15) is 33.5 Å². The molecule has 0 aromatic carbocycles. The van der Waals surface area contributed by atoms with Crippen LogP contribution < -0.4 is 26.2 Å². The first kappa shape index (κ1) is 51.5. The Labute approximate surface area is 440 Å². The predicted molar refractivity (Wildman–Crippen MR) is 297 cm³/mol. The van der Waals surface area contributed by atoms with Crippen LogP contribution in [-0.2, 0) is 0 Å². The van der Waals surface area contributed by atoms with Crippen molar-refractivity contribution in [1.29, 1.82) is 0 Å². The van der Waals surface area contributed by atoms with Crippen molar-refractivity contribution in [3.05, 3.63) is 83.8 Å². The molecule has 0 spiro atoms. The lowest BCUT2D eigenvalue weighted by Crippen LogP contribution is -2.42. The highest BCUT2D eigenvalue weighted by Gasteiger charge is 2.25. The van der Waals surface area contributed by atoms with Gasteiger partial charge in [-0.3, -0.25) is 9.97 Å². The molecule has 0 saturated carbocycles. The average molecular weight is 1050 g/mol. The van der Waals surface area contributed by atoms with Crippen molar-refractivity contribution in [3.8, 4) is 11.1 Å². The second kappa shape index (κ2) is 24.6. The van der Waals surface area contributed by atoms with Gasteiger partial charge in [-0.05, 0) is 139 Å². The van der Waals surface area contributed by atoms with Gasteiger partial charge >= 0.3 is 0 Å². The lowest BCUT2D eigenvalue weighted by molar-refractivity contribution is 0.249. The lowest BCUT2D eigenvalue weighted by atomic mass is 10.0. The predicted octanol–water partition coefficient (Wildman–Crippen LogP) is 8.85. The van der Waals surface area contributed by atoms with Crippen LogP contribution in [0.2, 0.25) is 10.2 Å². The number of nitrogens with zero attached hydrogens (tertiary/aromatic N) is 15. The Balaban J connectivity index is 0.000000147. The van der Waals surface area contributed by atoms with Crippen molar-refractivity contribution in [3.63, 3.8) is 0 Å². The number of rotatable bonds is 10. The number of nitrogens with one attached hydrogen (secondary N) is 2. The molecule has 380 valence electrons. The van der Waals surface area contributed by atoms with Crippen molar-refractivity contribution in [2.75, 3.05) is 104 Å². The van der Waals surface area contributed by atoms with E-state index in [0.717, 1.165) is 115 Å². The zero-order valence-electron chi connectivity index (χ0n) is 41.4. The van der Waals surface area contributed by atoms with Crippen LogP contribution in [0.4, 0.5) is 35.2 Å². The molecule has 0 amide bonds. The molecule has 0 atom stereocenters. The molecule has 0 radical (unpaired) electrons. The van der Waals surface area contributed by atoms with E-state index in [1.54, 1.807) is 24.7 Å². The molecular weight excluding hydrogens is 988 g/mol. The van der Waals surface area contributed by atoms with Crippen LogP contribution in [0.1, 0.15) is 57.4 Å². The van der Waals surface area contributed by atoms with E-state index < -0.39 is 0 Å². The Hall–Kier alpha value is -5.38. The van der Waals surface area contributed by atoms with E-state index in [4.69, 9.17) is 33.9 Å². The molecule has 4 saturated heterocycles. The highest BCUT2D eigenvalue weighted by molar-refractivity contribution is 7.99. The number of pyridine rings is 2. The Morgan fingerprint density at radius 1 is 0.625 bits per heavy atom. The minimum absolute atomic E-state index is 0.261. The number of halogens is 2. The number of nitrogen functional groups attached to an aromatic ring is 1. The molecule has 0 bridgehead atoms. The van der Waals surface area contributed by atoms with E-state index in [2.05, 4.69) is 114 Å². The third kappa shape index (κ3) is 12.9. The van der Waals surface area contributed by atoms with Gasteiger partial charge in [0, 0.05) is 103 Å². The zero-order valence-corrected chi connectivity index (χ0v) is 44.6. The van der Waals surface area contributed by atoms with Crippen LogP contribution in [0.3, 0.4) is 0 Å². The van der Waals surface area contributed by atoms with Crippen LogP contribution >= 0.6 is 46.7 Å². The smallest absolute Gasteiger partial charge is 0.230 e. The van der Waals surface area contributed by atoms with Gasteiger partial charge in [-0.25, -0.2) is 9.97 Å². The number of aromatic nitrogens is 11. The number of piperidine rings is 2. The van der Waals surface area contributed by atoms with E-state index in [1.165, 1.54) is 35.9 Å².